The Labute approximate surface area is 315 Å². The van der Waals surface area contributed by atoms with Crippen LogP contribution in [0.5, 0.6) is 17.2 Å². The monoisotopic (exact) mass is 744 g/mol. The van der Waals surface area contributed by atoms with E-state index in [1.165, 1.54) is 12.8 Å². The van der Waals surface area contributed by atoms with Crippen molar-refractivity contribution in [1.29, 1.82) is 0 Å². The first kappa shape index (κ1) is 44.1. The van der Waals surface area contributed by atoms with E-state index in [9.17, 15) is 0 Å². The van der Waals surface area contributed by atoms with E-state index in [0.29, 0.717) is 51.3 Å². The van der Waals surface area contributed by atoms with Crippen molar-refractivity contribution in [3.8, 4) is 17.2 Å². The van der Waals surface area contributed by atoms with Gasteiger partial charge >= 0.3 is 0 Å². The predicted octanol–water partition coefficient (Wildman–Crippen LogP) is 6.91. The third-order valence-corrected chi connectivity index (χ3v) is 6.42. The Morgan fingerprint density at radius 3 is 1.04 bits per heavy atom. The van der Waals surface area contributed by atoms with E-state index in [4.69, 9.17) is 56.8 Å². The molecule has 12 heteroatoms. The van der Waals surface area contributed by atoms with Crippen LogP contribution in [0.25, 0.3) is 0 Å². The zero-order chi connectivity index (χ0) is 37.6. The maximum Gasteiger partial charge on any atom is 0.183 e. The van der Waals surface area contributed by atoms with Crippen molar-refractivity contribution < 1.29 is 56.8 Å². The second-order valence-corrected chi connectivity index (χ2v) is 12.2. The molecule has 296 valence electrons. The highest BCUT2D eigenvalue weighted by atomic mass is 16.8. The van der Waals surface area contributed by atoms with Crippen molar-refractivity contribution in [3.63, 3.8) is 0 Å². The van der Waals surface area contributed by atoms with E-state index in [1.54, 1.807) is 0 Å². The van der Waals surface area contributed by atoms with Crippen LogP contribution in [-0.4, -0.2) is 111 Å². The average molecular weight is 745 g/mol. The van der Waals surface area contributed by atoms with E-state index in [-0.39, 0.29) is 32.8 Å². The number of para-hydroxylation sites is 3. The lowest BCUT2D eigenvalue weighted by atomic mass is 10.3. The van der Waals surface area contributed by atoms with Crippen molar-refractivity contribution in [2.75, 3.05) is 79.8 Å². The van der Waals surface area contributed by atoms with E-state index in [0.717, 1.165) is 43.7 Å². The molecule has 53 heavy (non-hydrogen) atoms. The van der Waals surface area contributed by atoms with Gasteiger partial charge in [-0.25, -0.2) is 0 Å². The molecule has 5 atom stereocenters. The van der Waals surface area contributed by atoms with Crippen LogP contribution in [0.1, 0.15) is 40.5 Å². The minimum Gasteiger partial charge on any atom is -0.491 e. The van der Waals surface area contributed by atoms with Gasteiger partial charge in [0.1, 0.15) is 74.9 Å². The molecular weight excluding hydrogens is 684 g/mol. The van der Waals surface area contributed by atoms with E-state index >= 15 is 0 Å². The molecule has 5 heterocycles. The first-order chi connectivity index (χ1) is 26.1. The number of hydrogen-bond acceptors (Lipinski definition) is 12. The number of ether oxygens (including phenoxy) is 12. The summed E-state index contributed by atoms with van der Waals surface area (Å²) in [5.41, 5.74) is 0. The SMILES string of the molecule is C(OCOCC1CO1)OCOC1CO1.CCC.CCC.c1ccc(OCC2CO2)cc1.c1ccc(OCC2CO2)cc1.c1ccc(OCC2CO2)cc1. The standard InChI is InChI=1S/3C9H10O2.C8H14O6.2C3H8/c3*1-2-4-8(5-3-1)10-6-9-7-11-9;1(7-2-12-7)9-4-10-5-11-6-14-8-3-13-8;2*1-3-2/h3*1-5,9H,6-7H2;7-8H,1-6H2;2*3H2,1-2H3. The van der Waals surface area contributed by atoms with Gasteiger partial charge in [0.15, 0.2) is 19.9 Å². The maximum atomic E-state index is 5.40. The molecule has 5 unspecified atom stereocenters. The molecule has 0 aliphatic carbocycles. The molecule has 0 amide bonds. The fourth-order valence-corrected chi connectivity index (χ4v) is 3.40. The molecule has 3 aromatic rings. The van der Waals surface area contributed by atoms with Gasteiger partial charge in [-0.1, -0.05) is 95.1 Å². The molecule has 0 N–H and O–H groups in total. The molecule has 0 bridgehead atoms. The van der Waals surface area contributed by atoms with Crippen LogP contribution in [0, 0.1) is 0 Å². The Bertz CT molecular complexity index is 1080. The van der Waals surface area contributed by atoms with Crippen molar-refractivity contribution in [2.45, 2.75) is 71.2 Å². The second kappa shape index (κ2) is 29.1. The summed E-state index contributed by atoms with van der Waals surface area (Å²) in [5, 5.41) is 0. The van der Waals surface area contributed by atoms with Gasteiger partial charge in [-0.05, 0) is 36.4 Å². The molecule has 0 aromatic heterocycles. The lowest BCUT2D eigenvalue weighted by Crippen LogP contribution is -2.10. The Morgan fingerprint density at radius 2 is 0.717 bits per heavy atom. The van der Waals surface area contributed by atoms with E-state index in [2.05, 4.69) is 27.7 Å². The summed E-state index contributed by atoms with van der Waals surface area (Å²) < 4.78 is 61.1. The van der Waals surface area contributed by atoms with Gasteiger partial charge in [-0.15, -0.1) is 0 Å². The molecule has 5 saturated heterocycles. The fourth-order valence-electron chi connectivity index (χ4n) is 3.40. The zero-order valence-corrected chi connectivity index (χ0v) is 31.8. The van der Waals surface area contributed by atoms with Crippen molar-refractivity contribution in [3.05, 3.63) is 91.0 Å². The third kappa shape index (κ3) is 27.9. The van der Waals surface area contributed by atoms with Gasteiger partial charge < -0.3 is 56.8 Å². The quantitative estimate of drug-likeness (QED) is 0.0764. The number of benzene rings is 3. The van der Waals surface area contributed by atoms with Crippen LogP contribution in [0.15, 0.2) is 91.0 Å². The summed E-state index contributed by atoms with van der Waals surface area (Å²) in [6.45, 7) is 15.7. The largest absolute Gasteiger partial charge is 0.491 e. The van der Waals surface area contributed by atoms with Gasteiger partial charge in [0.05, 0.1) is 33.0 Å². The van der Waals surface area contributed by atoms with Crippen molar-refractivity contribution in [2.24, 2.45) is 0 Å². The summed E-state index contributed by atoms with van der Waals surface area (Å²) in [6, 6.07) is 29.4. The molecule has 12 nitrogen and oxygen atoms in total. The van der Waals surface area contributed by atoms with Crippen LogP contribution in [0.3, 0.4) is 0 Å². The van der Waals surface area contributed by atoms with Gasteiger partial charge in [-0.2, -0.15) is 0 Å². The first-order valence-electron chi connectivity index (χ1n) is 18.6. The maximum absolute atomic E-state index is 5.40. The summed E-state index contributed by atoms with van der Waals surface area (Å²) in [6.07, 6.45) is 3.73. The van der Waals surface area contributed by atoms with E-state index in [1.807, 2.05) is 91.0 Å². The van der Waals surface area contributed by atoms with Crippen LogP contribution in [0.2, 0.25) is 0 Å². The summed E-state index contributed by atoms with van der Waals surface area (Å²) in [5.74, 6) is 2.76. The Morgan fingerprint density at radius 1 is 0.415 bits per heavy atom. The fraction of sp³-hybridized carbons (Fsp3) is 0.561. The Balaban J connectivity index is 0.000000182. The number of rotatable bonds is 18. The summed E-state index contributed by atoms with van der Waals surface area (Å²) in [4.78, 5) is 0. The molecule has 5 aliphatic heterocycles. The van der Waals surface area contributed by atoms with Crippen LogP contribution >= 0.6 is 0 Å². The third-order valence-electron chi connectivity index (χ3n) is 6.42. The predicted molar refractivity (Wildman–Crippen MR) is 200 cm³/mol. The summed E-state index contributed by atoms with van der Waals surface area (Å²) >= 11 is 0. The summed E-state index contributed by atoms with van der Waals surface area (Å²) in [7, 11) is 0. The van der Waals surface area contributed by atoms with Crippen LogP contribution in [-0.2, 0) is 42.6 Å². The number of epoxide rings is 5. The molecule has 3 aromatic carbocycles. The van der Waals surface area contributed by atoms with Crippen molar-refractivity contribution >= 4 is 0 Å². The minimum absolute atomic E-state index is 0.0711. The van der Waals surface area contributed by atoms with Crippen molar-refractivity contribution in [1.82, 2.24) is 0 Å². The molecule has 8 rings (SSSR count). The van der Waals surface area contributed by atoms with Crippen LogP contribution in [0.4, 0.5) is 0 Å². The number of hydrogen-bond donors (Lipinski definition) is 0. The van der Waals surface area contributed by atoms with Gasteiger partial charge in [-0.3, -0.25) is 0 Å². The molecule has 0 radical (unpaired) electrons. The Kier molecular flexibility index (Phi) is 24.2. The minimum atomic E-state index is -0.0711. The van der Waals surface area contributed by atoms with Gasteiger partial charge in [0, 0.05) is 0 Å². The Hall–Kier alpha value is -3.30. The normalized spacial score (nSPS) is 21.6. The first-order valence-corrected chi connectivity index (χ1v) is 18.6. The highest BCUT2D eigenvalue weighted by molar-refractivity contribution is 5.22. The molecule has 5 aliphatic rings. The molecule has 0 spiro atoms. The van der Waals surface area contributed by atoms with E-state index < -0.39 is 0 Å². The molecule has 5 fully saturated rings. The smallest absolute Gasteiger partial charge is 0.183 e. The molecular formula is C41H60O12. The second-order valence-electron chi connectivity index (χ2n) is 12.2. The zero-order valence-electron chi connectivity index (χ0n) is 31.8. The highest BCUT2D eigenvalue weighted by Crippen LogP contribution is 2.16. The topological polar surface area (TPSA) is 127 Å². The van der Waals surface area contributed by atoms with Crippen LogP contribution < -0.4 is 14.2 Å². The molecule has 0 saturated carbocycles. The average Bonchev–Trinajstić information content (AvgIpc) is 3.98. The lowest BCUT2D eigenvalue weighted by Gasteiger charge is -2.05. The highest BCUT2D eigenvalue weighted by Gasteiger charge is 2.25. The lowest BCUT2D eigenvalue weighted by molar-refractivity contribution is -0.179. The van der Waals surface area contributed by atoms with Gasteiger partial charge in [0.2, 0.25) is 0 Å². The van der Waals surface area contributed by atoms with Gasteiger partial charge in [0.25, 0.3) is 0 Å².